The zero-order valence-corrected chi connectivity index (χ0v) is 19.0. The maximum absolute atomic E-state index is 13.1. The van der Waals surface area contributed by atoms with E-state index in [2.05, 4.69) is 5.32 Å². The molecule has 4 rings (SSSR count). The average Bonchev–Trinajstić information content (AvgIpc) is 3.16. The van der Waals surface area contributed by atoms with Crippen molar-refractivity contribution in [1.29, 1.82) is 0 Å². The van der Waals surface area contributed by atoms with Crippen LogP contribution >= 0.6 is 23.4 Å². The predicted octanol–water partition coefficient (Wildman–Crippen LogP) is 5.74. The van der Waals surface area contributed by atoms with Gasteiger partial charge in [-0.25, -0.2) is 4.39 Å². The number of carbonyl (C=O) groups excluding carboxylic acids is 2. The Labute approximate surface area is 195 Å². The number of nitrogens with one attached hydrogen (secondary N) is 1. The highest BCUT2D eigenvalue weighted by atomic mass is 35.5. The predicted molar refractivity (Wildman–Crippen MR) is 126 cm³/mol. The Bertz CT molecular complexity index is 1100. The monoisotopic (exact) mass is 468 g/mol. The molecule has 1 saturated heterocycles. The van der Waals surface area contributed by atoms with Crippen LogP contribution in [0.3, 0.4) is 0 Å². The van der Waals surface area contributed by atoms with Gasteiger partial charge in [0.15, 0.2) is 0 Å². The second-order valence-electron chi connectivity index (χ2n) is 7.68. The van der Waals surface area contributed by atoms with Gasteiger partial charge in [-0.2, -0.15) is 0 Å². The quantitative estimate of drug-likeness (QED) is 0.501. The highest BCUT2D eigenvalue weighted by molar-refractivity contribution is 8.00. The summed E-state index contributed by atoms with van der Waals surface area (Å²) in [5.74, 6) is -0.00181. The summed E-state index contributed by atoms with van der Waals surface area (Å²) in [6.45, 7) is 2.36. The number of thioether (sulfide) groups is 1. The average molecular weight is 469 g/mol. The summed E-state index contributed by atoms with van der Waals surface area (Å²) in [4.78, 5) is 27.0. The summed E-state index contributed by atoms with van der Waals surface area (Å²) in [5.41, 5.74) is 3.34. The van der Waals surface area contributed by atoms with E-state index in [4.69, 9.17) is 11.6 Å². The smallest absolute Gasteiger partial charge is 0.251 e. The Hall–Kier alpha value is -2.83. The van der Waals surface area contributed by atoms with E-state index in [1.807, 2.05) is 48.2 Å². The lowest BCUT2D eigenvalue weighted by Gasteiger charge is -2.24. The third-order valence-corrected chi connectivity index (χ3v) is 6.92. The van der Waals surface area contributed by atoms with E-state index in [1.54, 1.807) is 36.0 Å². The van der Waals surface area contributed by atoms with Crippen molar-refractivity contribution >= 4 is 35.2 Å². The van der Waals surface area contributed by atoms with Crippen molar-refractivity contribution in [2.75, 3.05) is 5.75 Å². The van der Waals surface area contributed by atoms with E-state index in [-0.39, 0.29) is 29.0 Å². The molecule has 164 valence electrons. The Morgan fingerprint density at radius 3 is 2.41 bits per heavy atom. The highest BCUT2D eigenvalue weighted by Crippen LogP contribution is 2.39. The molecule has 1 aliphatic rings. The molecule has 1 heterocycles. The highest BCUT2D eigenvalue weighted by Gasteiger charge is 2.32. The molecule has 7 heteroatoms. The first-order valence-corrected chi connectivity index (χ1v) is 11.6. The lowest BCUT2D eigenvalue weighted by atomic mass is 10.1. The van der Waals surface area contributed by atoms with Gasteiger partial charge in [0, 0.05) is 17.1 Å². The van der Waals surface area contributed by atoms with Gasteiger partial charge in [-0.05, 0) is 60.0 Å². The van der Waals surface area contributed by atoms with Crippen molar-refractivity contribution in [1.82, 2.24) is 10.2 Å². The summed E-state index contributed by atoms with van der Waals surface area (Å²) >= 11 is 7.54. The number of halogens is 2. The number of nitrogens with zero attached hydrogens (tertiary/aromatic N) is 1. The van der Waals surface area contributed by atoms with E-state index in [1.165, 1.54) is 12.1 Å². The van der Waals surface area contributed by atoms with Crippen LogP contribution in [0.4, 0.5) is 4.39 Å². The molecule has 2 unspecified atom stereocenters. The molecule has 1 aliphatic heterocycles. The van der Waals surface area contributed by atoms with Crippen LogP contribution in [0.5, 0.6) is 0 Å². The maximum Gasteiger partial charge on any atom is 0.251 e. The number of carbonyl (C=O) groups is 2. The Morgan fingerprint density at radius 1 is 1.09 bits per heavy atom. The molecular weight excluding hydrogens is 447 g/mol. The lowest BCUT2D eigenvalue weighted by molar-refractivity contribution is -0.128. The minimum atomic E-state index is -0.309. The number of hydrogen-bond donors (Lipinski definition) is 1. The third kappa shape index (κ3) is 5.14. The van der Waals surface area contributed by atoms with Crippen molar-refractivity contribution in [2.45, 2.75) is 24.9 Å². The molecule has 0 spiro atoms. The molecular formula is C25H22ClFN2O2S. The maximum atomic E-state index is 13.1. The van der Waals surface area contributed by atoms with Gasteiger partial charge in [-0.15, -0.1) is 11.8 Å². The molecule has 2 amide bonds. The van der Waals surface area contributed by atoms with Gasteiger partial charge in [-0.3, -0.25) is 9.59 Å². The summed E-state index contributed by atoms with van der Waals surface area (Å²) in [5, 5.41) is 3.49. The fraction of sp³-hybridized carbons (Fsp3) is 0.200. The zero-order chi connectivity index (χ0) is 22.7. The van der Waals surface area contributed by atoms with Crippen molar-refractivity contribution in [3.63, 3.8) is 0 Å². The molecule has 4 nitrogen and oxygen atoms in total. The summed E-state index contributed by atoms with van der Waals surface area (Å²) in [6, 6.07) is 20.6. The van der Waals surface area contributed by atoms with E-state index >= 15 is 0 Å². The molecule has 0 bridgehead atoms. The van der Waals surface area contributed by atoms with E-state index in [0.29, 0.717) is 22.9 Å². The van der Waals surface area contributed by atoms with E-state index in [0.717, 1.165) is 16.7 Å². The van der Waals surface area contributed by atoms with Gasteiger partial charge in [0.2, 0.25) is 5.91 Å². The topological polar surface area (TPSA) is 49.4 Å². The first-order chi connectivity index (χ1) is 15.4. The summed E-state index contributed by atoms with van der Waals surface area (Å²) in [7, 11) is 0. The van der Waals surface area contributed by atoms with E-state index in [9.17, 15) is 14.0 Å². The Morgan fingerprint density at radius 2 is 1.75 bits per heavy atom. The first-order valence-electron chi connectivity index (χ1n) is 10.2. The lowest BCUT2D eigenvalue weighted by Crippen LogP contribution is -2.28. The zero-order valence-electron chi connectivity index (χ0n) is 17.4. The number of benzene rings is 3. The molecule has 32 heavy (non-hydrogen) atoms. The number of rotatable bonds is 6. The molecule has 1 fully saturated rings. The van der Waals surface area contributed by atoms with Crippen LogP contribution in [0.2, 0.25) is 5.02 Å². The van der Waals surface area contributed by atoms with Crippen LogP contribution < -0.4 is 5.32 Å². The second kappa shape index (κ2) is 9.76. The second-order valence-corrected chi connectivity index (χ2v) is 9.19. The molecule has 3 aromatic carbocycles. The van der Waals surface area contributed by atoms with Crippen molar-refractivity contribution in [3.05, 3.63) is 106 Å². The summed E-state index contributed by atoms with van der Waals surface area (Å²) in [6.07, 6.45) is 0. The SMILES string of the molecule is CC(NC(=O)c1ccc(C2SCC(=O)N2Cc2ccc(Cl)cc2)cc1)c1ccc(F)cc1. The molecule has 2 atom stereocenters. The molecule has 0 radical (unpaired) electrons. The minimum absolute atomic E-state index is 0.0879. The standard InChI is InChI=1S/C25H22ClFN2O2S/c1-16(18-8-12-22(27)13-9-18)28-24(31)19-4-6-20(7-5-19)25-29(23(30)15-32-25)14-17-2-10-21(26)11-3-17/h2-13,16,25H,14-15H2,1H3,(H,28,31). The fourth-order valence-electron chi connectivity index (χ4n) is 3.60. The first kappa shape index (κ1) is 22.4. The van der Waals surface area contributed by atoms with Gasteiger partial charge in [0.1, 0.15) is 11.2 Å². The van der Waals surface area contributed by atoms with Crippen LogP contribution in [0, 0.1) is 5.82 Å². The molecule has 1 N–H and O–H groups in total. The molecule has 0 aromatic heterocycles. The van der Waals surface area contributed by atoms with Gasteiger partial charge < -0.3 is 10.2 Å². The molecule has 0 saturated carbocycles. The van der Waals surface area contributed by atoms with Crippen LogP contribution in [-0.4, -0.2) is 22.5 Å². The van der Waals surface area contributed by atoms with Crippen LogP contribution in [0.1, 0.15) is 45.4 Å². The van der Waals surface area contributed by atoms with Crippen LogP contribution in [-0.2, 0) is 11.3 Å². The van der Waals surface area contributed by atoms with Gasteiger partial charge in [0.05, 0.1) is 11.8 Å². The molecule has 3 aromatic rings. The van der Waals surface area contributed by atoms with Gasteiger partial charge in [0.25, 0.3) is 5.91 Å². The normalized spacial score (nSPS) is 16.8. The third-order valence-electron chi connectivity index (χ3n) is 5.41. The van der Waals surface area contributed by atoms with Crippen molar-refractivity contribution in [2.24, 2.45) is 0 Å². The van der Waals surface area contributed by atoms with Crippen LogP contribution in [0.25, 0.3) is 0 Å². The number of amides is 2. The van der Waals surface area contributed by atoms with Gasteiger partial charge in [-0.1, -0.05) is 48.0 Å². The van der Waals surface area contributed by atoms with Gasteiger partial charge >= 0.3 is 0 Å². The Kier molecular flexibility index (Phi) is 6.82. The number of hydrogen-bond acceptors (Lipinski definition) is 3. The largest absolute Gasteiger partial charge is 0.346 e. The summed E-state index contributed by atoms with van der Waals surface area (Å²) < 4.78 is 13.1. The Balaban J connectivity index is 1.43. The van der Waals surface area contributed by atoms with Crippen LogP contribution in [0.15, 0.2) is 72.8 Å². The fourth-order valence-corrected chi connectivity index (χ4v) is 4.92. The van der Waals surface area contributed by atoms with E-state index < -0.39 is 0 Å². The van der Waals surface area contributed by atoms with Crippen molar-refractivity contribution < 1.29 is 14.0 Å². The molecule has 0 aliphatic carbocycles. The van der Waals surface area contributed by atoms with Crippen molar-refractivity contribution in [3.8, 4) is 0 Å². The minimum Gasteiger partial charge on any atom is -0.346 e.